The van der Waals surface area contributed by atoms with Gasteiger partial charge in [0, 0.05) is 25.2 Å². The van der Waals surface area contributed by atoms with Gasteiger partial charge in [-0.2, -0.15) is 0 Å². The van der Waals surface area contributed by atoms with Crippen LogP contribution in [0.15, 0.2) is 37.5 Å². The molecular formula is C15H30N2. The molecule has 1 aliphatic heterocycles. The third-order valence-electron chi connectivity index (χ3n) is 2.06. The number of allylic oxidation sites excluding steroid dienone is 1. The number of hydrogen-bond acceptors (Lipinski definition) is 2. The van der Waals surface area contributed by atoms with Crippen LogP contribution in [0.3, 0.4) is 0 Å². The van der Waals surface area contributed by atoms with Crippen LogP contribution in [0.25, 0.3) is 0 Å². The van der Waals surface area contributed by atoms with Gasteiger partial charge in [0.1, 0.15) is 0 Å². The second-order valence-corrected chi connectivity index (χ2v) is 4.50. The van der Waals surface area contributed by atoms with E-state index in [1.807, 2.05) is 6.92 Å². The van der Waals surface area contributed by atoms with E-state index in [-0.39, 0.29) is 5.54 Å². The third-order valence-corrected chi connectivity index (χ3v) is 2.06. The Balaban J connectivity index is 0. The van der Waals surface area contributed by atoms with Crippen LogP contribution in [0.5, 0.6) is 0 Å². The van der Waals surface area contributed by atoms with E-state index in [0.717, 1.165) is 25.2 Å². The van der Waals surface area contributed by atoms with Crippen molar-refractivity contribution in [3.8, 4) is 0 Å². The molecule has 0 bridgehead atoms. The monoisotopic (exact) mass is 238 g/mol. The number of nitrogens with one attached hydrogen (secondary N) is 2. The van der Waals surface area contributed by atoms with E-state index in [2.05, 4.69) is 51.1 Å². The molecule has 0 unspecified atom stereocenters. The van der Waals surface area contributed by atoms with Gasteiger partial charge >= 0.3 is 0 Å². The van der Waals surface area contributed by atoms with Crippen molar-refractivity contribution in [1.29, 1.82) is 0 Å². The summed E-state index contributed by atoms with van der Waals surface area (Å²) in [6.07, 6.45) is 4.79. The van der Waals surface area contributed by atoms with Crippen molar-refractivity contribution in [2.45, 2.75) is 39.7 Å². The molecule has 1 heterocycles. The highest BCUT2D eigenvalue weighted by Crippen LogP contribution is 2.08. The summed E-state index contributed by atoms with van der Waals surface area (Å²) >= 11 is 0. The van der Waals surface area contributed by atoms with E-state index in [1.165, 1.54) is 6.42 Å². The van der Waals surface area contributed by atoms with Crippen LogP contribution in [-0.4, -0.2) is 25.2 Å². The van der Waals surface area contributed by atoms with E-state index in [9.17, 15) is 0 Å². The zero-order valence-corrected chi connectivity index (χ0v) is 12.1. The summed E-state index contributed by atoms with van der Waals surface area (Å²) in [6.45, 7) is 22.1. The SMILES string of the molecule is C=CC.C=CC(=C)CNC1(C)CNC1.CCC. The molecule has 2 N–H and O–H groups in total. The predicted octanol–water partition coefficient (Wildman–Crippen LogP) is 3.29. The van der Waals surface area contributed by atoms with Crippen LogP contribution in [0.1, 0.15) is 34.1 Å². The summed E-state index contributed by atoms with van der Waals surface area (Å²) in [5, 5.41) is 6.64. The molecule has 100 valence electrons. The zero-order chi connectivity index (χ0) is 13.7. The fourth-order valence-corrected chi connectivity index (χ4v) is 1.02. The molecule has 0 aromatic rings. The largest absolute Gasteiger partial charge is 0.313 e. The first-order valence-electron chi connectivity index (χ1n) is 6.32. The Hall–Kier alpha value is -0.860. The molecule has 0 spiro atoms. The smallest absolute Gasteiger partial charge is 0.0406 e. The minimum absolute atomic E-state index is 0.284. The van der Waals surface area contributed by atoms with Crippen molar-refractivity contribution in [3.05, 3.63) is 37.5 Å². The molecule has 0 aliphatic carbocycles. The summed E-state index contributed by atoms with van der Waals surface area (Å²) in [6, 6.07) is 0. The Morgan fingerprint density at radius 2 is 1.76 bits per heavy atom. The molecule has 0 atom stereocenters. The molecule has 0 aromatic carbocycles. The second-order valence-electron chi connectivity index (χ2n) is 4.50. The fraction of sp³-hybridized carbons (Fsp3) is 0.600. The lowest BCUT2D eigenvalue weighted by Gasteiger charge is -2.40. The molecule has 1 saturated heterocycles. The first-order chi connectivity index (χ1) is 7.99. The molecule has 1 rings (SSSR count). The maximum absolute atomic E-state index is 3.83. The van der Waals surface area contributed by atoms with Gasteiger partial charge in [-0.1, -0.05) is 45.6 Å². The summed E-state index contributed by atoms with van der Waals surface area (Å²) in [5.74, 6) is 0. The zero-order valence-electron chi connectivity index (χ0n) is 12.1. The van der Waals surface area contributed by atoms with Crippen molar-refractivity contribution in [2.24, 2.45) is 0 Å². The van der Waals surface area contributed by atoms with E-state index < -0.39 is 0 Å². The van der Waals surface area contributed by atoms with Gasteiger partial charge in [-0.15, -0.1) is 6.58 Å². The standard InChI is InChI=1S/C9H16N2.C3H8.C3H6/c1-4-8(2)5-11-9(3)6-10-7-9;2*1-3-2/h4,10-11H,1-2,5-7H2,3H3;3H2,1-2H3;3H,1H2,2H3. The van der Waals surface area contributed by atoms with Gasteiger partial charge in [-0.25, -0.2) is 0 Å². The van der Waals surface area contributed by atoms with Gasteiger partial charge in [-0.3, -0.25) is 0 Å². The molecule has 1 fully saturated rings. The first-order valence-corrected chi connectivity index (χ1v) is 6.32. The van der Waals surface area contributed by atoms with Crippen LogP contribution in [0, 0.1) is 0 Å². The van der Waals surface area contributed by atoms with Crippen LogP contribution >= 0.6 is 0 Å². The highest BCUT2D eigenvalue weighted by atomic mass is 15.1. The summed E-state index contributed by atoms with van der Waals surface area (Å²) in [7, 11) is 0. The highest BCUT2D eigenvalue weighted by Gasteiger charge is 2.30. The topological polar surface area (TPSA) is 24.1 Å². The molecular weight excluding hydrogens is 208 g/mol. The highest BCUT2D eigenvalue weighted by molar-refractivity contribution is 5.14. The van der Waals surface area contributed by atoms with Crippen molar-refractivity contribution < 1.29 is 0 Å². The molecule has 17 heavy (non-hydrogen) atoms. The molecule has 0 radical (unpaired) electrons. The van der Waals surface area contributed by atoms with Gasteiger partial charge in [0.15, 0.2) is 0 Å². The van der Waals surface area contributed by atoms with Gasteiger partial charge in [0.25, 0.3) is 0 Å². The van der Waals surface area contributed by atoms with E-state index in [1.54, 1.807) is 12.2 Å². The predicted molar refractivity (Wildman–Crippen MR) is 80.5 cm³/mol. The fourth-order valence-electron chi connectivity index (χ4n) is 1.02. The molecule has 0 amide bonds. The van der Waals surface area contributed by atoms with Crippen LogP contribution < -0.4 is 10.6 Å². The quantitative estimate of drug-likeness (QED) is 0.580. The van der Waals surface area contributed by atoms with E-state index in [4.69, 9.17) is 0 Å². The van der Waals surface area contributed by atoms with Gasteiger partial charge in [0.05, 0.1) is 0 Å². The summed E-state index contributed by atoms with van der Waals surface area (Å²) < 4.78 is 0. The van der Waals surface area contributed by atoms with Crippen LogP contribution in [0.4, 0.5) is 0 Å². The van der Waals surface area contributed by atoms with Crippen molar-refractivity contribution in [1.82, 2.24) is 10.6 Å². The Morgan fingerprint density at radius 1 is 1.35 bits per heavy atom. The Kier molecular flexibility index (Phi) is 12.6. The average molecular weight is 238 g/mol. The average Bonchev–Trinajstić information content (AvgIpc) is 2.25. The first kappa shape index (κ1) is 18.5. The maximum Gasteiger partial charge on any atom is 0.0406 e. The number of hydrogen-bond donors (Lipinski definition) is 2. The lowest BCUT2D eigenvalue weighted by Crippen LogP contribution is -2.65. The molecule has 2 heteroatoms. The van der Waals surface area contributed by atoms with Gasteiger partial charge in [0.2, 0.25) is 0 Å². The van der Waals surface area contributed by atoms with E-state index >= 15 is 0 Å². The van der Waals surface area contributed by atoms with Crippen molar-refractivity contribution in [3.63, 3.8) is 0 Å². The van der Waals surface area contributed by atoms with Gasteiger partial charge < -0.3 is 10.6 Å². The van der Waals surface area contributed by atoms with Crippen LogP contribution in [0.2, 0.25) is 0 Å². The molecule has 1 aliphatic rings. The lowest BCUT2D eigenvalue weighted by molar-refractivity contribution is 0.246. The molecule has 0 saturated carbocycles. The summed E-state index contributed by atoms with van der Waals surface area (Å²) in [5.41, 5.74) is 1.34. The van der Waals surface area contributed by atoms with Crippen LogP contribution in [-0.2, 0) is 0 Å². The minimum Gasteiger partial charge on any atom is -0.313 e. The van der Waals surface area contributed by atoms with Gasteiger partial charge in [-0.05, 0) is 19.4 Å². The maximum atomic E-state index is 3.83. The Morgan fingerprint density at radius 3 is 2.00 bits per heavy atom. The second kappa shape index (κ2) is 11.6. The summed E-state index contributed by atoms with van der Waals surface area (Å²) in [4.78, 5) is 0. The third kappa shape index (κ3) is 11.4. The molecule has 2 nitrogen and oxygen atoms in total. The van der Waals surface area contributed by atoms with Crippen molar-refractivity contribution >= 4 is 0 Å². The minimum atomic E-state index is 0.284. The lowest BCUT2D eigenvalue weighted by atomic mass is 9.95. The Bertz CT molecular complexity index is 215. The molecule has 0 aromatic heterocycles. The normalized spacial score (nSPS) is 15.1. The van der Waals surface area contributed by atoms with Crippen molar-refractivity contribution in [2.75, 3.05) is 19.6 Å². The number of rotatable bonds is 4. The van der Waals surface area contributed by atoms with E-state index in [0.29, 0.717) is 0 Å². The Labute approximate surface area is 108 Å².